The Morgan fingerprint density at radius 1 is 1.00 bits per heavy atom. The zero-order chi connectivity index (χ0) is 24.6. The van der Waals surface area contributed by atoms with E-state index in [-0.39, 0.29) is 43.1 Å². The zero-order valence-corrected chi connectivity index (χ0v) is 19.6. The smallest absolute Gasteiger partial charge is 0.290 e. The summed E-state index contributed by atoms with van der Waals surface area (Å²) >= 11 is 0. The van der Waals surface area contributed by atoms with Gasteiger partial charge in [0.05, 0.1) is 12.9 Å². The molecule has 0 saturated heterocycles. The fraction of sp³-hybridized carbons (Fsp3) is 0.259. The molecule has 0 atom stereocenters. The minimum atomic E-state index is -0.376. The van der Waals surface area contributed by atoms with Gasteiger partial charge in [0.25, 0.3) is 5.91 Å². The van der Waals surface area contributed by atoms with E-state index in [1.54, 1.807) is 36.3 Å². The fourth-order valence-corrected chi connectivity index (χ4v) is 3.97. The van der Waals surface area contributed by atoms with Crippen molar-refractivity contribution in [3.8, 4) is 0 Å². The minimum absolute atomic E-state index is 0.127. The molecule has 0 saturated carbocycles. The molecule has 7 nitrogen and oxygen atoms in total. The number of para-hydroxylation sites is 1. The Morgan fingerprint density at radius 2 is 1.80 bits per heavy atom. The van der Waals surface area contributed by atoms with Crippen molar-refractivity contribution >= 4 is 22.7 Å². The largest absolute Gasteiger partial charge is 0.459 e. The van der Waals surface area contributed by atoms with Crippen LogP contribution in [0, 0.1) is 5.82 Å². The molecule has 4 rings (SSSR count). The van der Waals surface area contributed by atoms with Crippen molar-refractivity contribution in [2.24, 2.45) is 0 Å². The lowest BCUT2D eigenvalue weighted by Gasteiger charge is -2.27. The van der Waals surface area contributed by atoms with Crippen LogP contribution in [0.1, 0.15) is 21.7 Å². The molecule has 0 unspecified atom stereocenters. The van der Waals surface area contributed by atoms with E-state index in [9.17, 15) is 14.0 Å². The summed E-state index contributed by atoms with van der Waals surface area (Å²) in [6, 6.07) is 17.3. The van der Waals surface area contributed by atoms with Gasteiger partial charge in [-0.05, 0) is 47.9 Å². The van der Waals surface area contributed by atoms with E-state index >= 15 is 0 Å². The number of amides is 2. The summed E-state index contributed by atoms with van der Waals surface area (Å²) in [5.41, 5.74) is 2.94. The average Bonchev–Trinajstić information content (AvgIpc) is 3.55. The molecule has 0 aliphatic heterocycles. The number of nitrogens with zero attached hydrogens (tertiary/aromatic N) is 2. The van der Waals surface area contributed by atoms with Crippen LogP contribution in [0.2, 0.25) is 0 Å². The Hall–Kier alpha value is -3.91. The van der Waals surface area contributed by atoms with Crippen LogP contribution in [0.3, 0.4) is 0 Å². The molecule has 4 aromatic rings. The highest BCUT2D eigenvalue weighted by atomic mass is 19.1. The molecule has 0 fully saturated rings. The molecule has 0 aliphatic rings. The number of ether oxygens (including phenoxy) is 1. The Labute approximate surface area is 203 Å². The molecule has 2 aromatic heterocycles. The molecule has 0 radical (unpaired) electrons. The number of carbonyl (C=O) groups is 2. The van der Waals surface area contributed by atoms with Gasteiger partial charge >= 0.3 is 0 Å². The van der Waals surface area contributed by atoms with Gasteiger partial charge in [0.15, 0.2) is 5.76 Å². The molecule has 2 amide bonds. The molecule has 182 valence electrons. The topological polar surface area (TPSA) is 78.8 Å². The van der Waals surface area contributed by atoms with E-state index in [0.717, 1.165) is 22.0 Å². The maximum Gasteiger partial charge on any atom is 0.290 e. The van der Waals surface area contributed by atoms with Crippen LogP contribution in [-0.4, -0.2) is 59.9 Å². The van der Waals surface area contributed by atoms with Gasteiger partial charge in [0.1, 0.15) is 12.4 Å². The van der Waals surface area contributed by atoms with Gasteiger partial charge in [0, 0.05) is 43.8 Å². The van der Waals surface area contributed by atoms with Crippen molar-refractivity contribution < 1.29 is 23.1 Å². The van der Waals surface area contributed by atoms with E-state index in [1.165, 1.54) is 23.3 Å². The van der Waals surface area contributed by atoms with Gasteiger partial charge < -0.3 is 23.9 Å². The van der Waals surface area contributed by atoms with Crippen molar-refractivity contribution in [3.63, 3.8) is 0 Å². The Balaban J connectivity index is 1.52. The SMILES string of the molecule is COCCN(CC(=O)N(CCc1c[nH]c2ccccc12)Cc1ccc(F)cc1)C(=O)c1ccco1. The van der Waals surface area contributed by atoms with Crippen LogP contribution >= 0.6 is 0 Å². The predicted octanol–water partition coefficient (Wildman–Crippen LogP) is 4.26. The number of H-pyrrole nitrogens is 1. The van der Waals surface area contributed by atoms with Gasteiger partial charge in [-0.1, -0.05) is 30.3 Å². The van der Waals surface area contributed by atoms with Gasteiger partial charge in [-0.25, -0.2) is 4.39 Å². The first-order valence-electron chi connectivity index (χ1n) is 11.4. The fourth-order valence-electron chi connectivity index (χ4n) is 3.97. The highest BCUT2D eigenvalue weighted by molar-refractivity contribution is 5.94. The first kappa shape index (κ1) is 24.2. The van der Waals surface area contributed by atoms with E-state index in [1.807, 2.05) is 30.5 Å². The number of furan rings is 1. The van der Waals surface area contributed by atoms with Crippen LogP contribution in [0.4, 0.5) is 4.39 Å². The van der Waals surface area contributed by atoms with Gasteiger partial charge in [-0.15, -0.1) is 0 Å². The molecule has 2 aromatic carbocycles. The lowest BCUT2D eigenvalue weighted by molar-refractivity contribution is -0.132. The third-order valence-electron chi connectivity index (χ3n) is 5.88. The monoisotopic (exact) mass is 477 g/mol. The molecular formula is C27H28FN3O4. The normalized spacial score (nSPS) is 11.0. The van der Waals surface area contributed by atoms with Crippen molar-refractivity contribution in [3.05, 3.63) is 95.8 Å². The number of fused-ring (bicyclic) bond motifs is 1. The number of benzene rings is 2. The zero-order valence-electron chi connectivity index (χ0n) is 19.6. The second kappa shape index (κ2) is 11.5. The quantitative estimate of drug-likeness (QED) is 0.350. The van der Waals surface area contributed by atoms with Gasteiger partial charge in [0.2, 0.25) is 5.91 Å². The Bertz CT molecular complexity index is 1250. The van der Waals surface area contributed by atoms with E-state index in [2.05, 4.69) is 4.98 Å². The Kier molecular flexibility index (Phi) is 7.95. The van der Waals surface area contributed by atoms with Crippen LogP contribution in [0.5, 0.6) is 0 Å². The molecule has 0 aliphatic carbocycles. The standard InChI is InChI=1S/C27H28FN3O4/c1-34-16-14-31(27(33)25-7-4-15-35-25)19-26(32)30(18-20-8-10-22(28)11-9-20)13-12-21-17-29-24-6-3-2-5-23(21)24/h2-11,15,17,29H,12-14,16,18-19H2,1H3. The van der Waals surface area contributed by atoms with Crippen LogP contribution in [0.15, 0.2) is 77.5 Å². The number of carbonyl (C=O) groups excluding carboxylic acids is 2. The highest BCUT2D eigenvalue weighted by Crippen LogP contribution is 2.19. The Morgan fingerprint density at radius 3 is 2.54 bits per heavy atom. The molecule has 1 N–H and O–H groups in total. The molecule has 0 spiro atoms. The van der Waals surface area contributed by atoms with Gasteiger partial charge in [-0.2, -0.15) is 0 Å². The van der Waals surface area contributed by atoms with E-state index in [4.69, 9.17) is 9.15 Å². The van der Waals surface area contributed by atoms with Crippen molar-refractivity contribution in [2.45, 2.75) is 13.0 Å². The number of aromatic amines is 1. The second-order valence-corrected chi connectivity index (χ2v) is 8.25. The maximum atomic E-state index is 13.5. The highest BCUT2D eigenvalue weighted by Gasteiger charge is 2.24. The third kappa shape index (κ3) is 6.16. The van der Waals surface area contributed by atoms with Crippen molar-refractivity contribution in [1.82, 2.24) is 14.8 Å². The first-order valence-corrected chi connectivity index (χ1v) is 11.4. The summed E-state index contributed by atoms with van der Waals surface area (Å²) in [5, 5.41) is 1.11. The number of nitrogens with one attached hydrogen (secondary N) is 1. The number of hydrogen-bond donors (Lipinski definition) is 1. The second-order valence-electron chi connectivity index (χ2n) is 8.25. The number of hydrogen-bond acceptors (Lipinski definition) is 4. The number of methoxy groups -OCH3 is 1. The van der Waals surface area contributed by atoms with Crippen LogP contribution < -0.4 is 0 Å². The summed E-state index contributed by atoms with van der Waals surface area (Å²) in [6.07, 6.45) is 4.00. The number of rotatable bonds is 11. The predicted molar refractivity (Wildman–Crippen MR) is 130 cm³/mol. The summed E-state index contributed by atoms with van der Waals surface area (Å²) in [4.78, 5) is 32.8. The van der Waals surface area contributed by atoms with E-state index < -0.39 is 0 Å². The summed E-state index contributed by atoms with van der Waals surface area (Å²) in [6.45, 7) is 1.14. The van der Waals surface area contributed by atoms with Crippen LogP contribution in [0.25, 0.3) is 10.9 Å². The first-order chi connectivity index (χ1) is 17.0. The van der Waals surface area contributed by atoms with Gasteiger partial charge in [-0.3, -0.25) is 9.59 Å². The minimum Gasteiger partial charge on any atom is -0.459 e. The molecule has 8 heteroatoms. The average molecular weight is 478 g/mol. The van der Waals surface area contributed by atoms with E-state index in [0.29, 0.717) is 19.5 Å². The summed E-state index contributed by atoms with van der Waals surface area (Å²) in [5.74, 6) is -0.762. The third-order valence-corrected chi connectivity index (χ3v) is 5.88. The van der Waals surface area contributed by atoms with Crippen LogP contribution in [-0.2, 0) is 22.5 Å². The lowest BCUT2D eigenvalue weighted by Crippen LogP contribution is -2.44. The van der Waals surface area contributed by atoms with Crippen molar-refractivity contribution in [1.29, 1.82) is 0 Å². The summed E-state index contributed by atoms with van der Waals surface area (Å²) in [7, 11) is 1.54. The number of aromatic nitrogens is 1. The molecule has 35 heavy (non-hydrogen) atoms. The lowest BCUT2D eigenvalue weighted by atomic mass is 10.1. The molecule has 2 heterocycles. The number of halogens is 1. The summed E-state index contributed by atoms with van der Waals surface area (Å²) < 4.78 is 23.8. The maximum absolute atomic E-state index is 13.5. The molecule has 0 bridgehead atoms. The molecular weight excluding hydrogens is 449 g/mol. The van der Waals surface area contributed by atoms with Crippen molar-refractivity contribution in [2.75, 3.05) is 33.4 Å².